The van der Waals surface area contributed by atoms with E-state index in [1.807, 2.05) is 41.5 Å². The van der Waals surface area contributed by atoms with E-state index in [9.17, 15) is 29.7 Å². The quantitative estimate of drug-likeness (QED) is 0.579. The number of phenols is 1. The number of aromatic hydroxyl groups is 1. The third-order valence-electron chi connectivity index (χ3n) is 4.67. The molecule has 0 saturated heterocycles. The maximum absolute atomic E-state index is 13.0. The highest BCUT2D eigenvalue weighted by Gasteiger charge is 2.28. The summed E-state index contributed by atoms with van der Waals surface area (Å²) in [4.78, 5) is 35.6. The first-order chi connectivity index (χ1) is 13.6. The maximum Gasteiger partial charge on any atom is 0.335 e. The van der Waals surface area contributed by atoms with Gasteiger partial charge in [0.1, 0.15) is 5.75 Å². The van der Waals surface area contributed by atoms with Crippen molar-refractivity contribution >= 4 is 23.5 Å². The second-order valence-electron chi connectivity index (χ2n) is 9.28. The molecule has 2 aromatic carbocycles. The topological polar surface area (TPSA) is 124 Å². The average molecular weight is 413 g/mol. The summed E-state index contributed by atoms with van der Waals surface area (Å²) in [6, 6.07) is 6.61. The Balaban J connectivity index is 2.57. The highest BCUT2D eigenvalue weighted by atomic mass is 16.4. The lowest BCUT2D eigenvalue weighted by Gasteiger charge is -2.28. The third-order valence-corrected chi connectivity index (χ3v) is 4.67. The molecule has 0 atom stereocenters. The largest absolute Gasteiger partial charge is 0.507 e. The van der Waals surface area contributed by atoms with Gasteiger partial charge in [0, 0.05) is 22.4 Å². The van der Waals surface area contributed by atoms with E-state index >= 15 is 0 Å². The van der Waals surface area contributed by atoms with E-state index in [-0.39, 0.29) is 28.1 Å². The van der Waals surface area contributed by atoms with Gasteiger partial charge in [-0.2, -0.15) is 0 Å². The van der Waals surface area contributed by atoms with Crippen LogP contribution < -0.4 is 5.32 Å². The van der Waals surface area contributed by atoms with Crippen LogP contribution >= 0.6 is 0 Å². The summed E-state index contributed by atoms with van der Waals surface area (Å²) in [6.07, 6.45) is 0. The highest BCUT2D eigenvalue weighted by Crippen LogP contribution is 2.39. The van der Waals surface area contributed by atoms with Gasteiger partial charge in [0.25, 0.3) is 5.91 Å². The van der Waals surface area contributed by atoms with E-state index in [4.69, 9.17) is 0 Å². The average Bonchev–Trinajstić information content (AvgIpc) is 2.59. The van der Waals surface area contributed by atoms with Gasteiger partial charge in [0.15, 0.2) is 0 Å². The van der Waals surface area contributed by atoms with E-state index in [1.54, 1.807) is 12.1 Å². The number of aromatic carboxylic acids is 2. The first-order valence-corrected chi connectivity index (χ1v) is 9.42. The van der Waals surface area contributed by atoms with Crippen LogP contribution in [0.15, 0.2) is 30.3 Å². The predicted octanol–water partition coefficient (Wildman–Crippen LogP) is 4.64. The molecule has 1 amide bonds. The molecule has 2 rings (SSSR count). The number of carboxylic acid groups (broad SMARTS) is 2. The Morgan fingerprint density at radius 2 is 1.10 bits per heavy atom. The first-order valence-electron chi connectivity index (χ1n) is 9.42. The molecule has 4 N–H and O–H groups in total. The lowest BCUT2D eigenvalue weighted by Crippen LogP contribution is -2.21. The van der Waals surface area contributed by atoms with Crippen LogP contribution in [-0.4, -0.2) is 33.2 Å². The summed E-state index contributed by atoms with van der Waals surface area (Å²) in [5.41, 5.74) is 0.180. The molecule has 0 heterocycles. The maximum atomic E-state index is 13.0. The molecule has 0 fully saturated rings. The Kier molecular flexibility index (Phi) is 5.98. The number of rotatable bonds is 4. The molecule has 0 aliphatic carbocycles. The van der Waals surface area contributed by atoms with Gasteiger partial charge in [-0.15, -0.1) is 0 Å². The van der Waals surface area contributed by atoms with Crippen LogP contribution in [-0.2, 0) is 10.8 Å². The highest BCUT2D eigenvalue weighted by molar-refractivity contribution is 6.06. The van der Waals surface area contributed by atoms with Crippen molar-refractivity contribution in [3.63, 3.8) is 0 Å². The molecule has 2 aromatic rings. The van der Waals surface area contributed by atoms with E-state index in [2.05, 4.69) is 5.32 Å². The minimum atomic E-state index is -1.30. The van der Waals surface area contributed by atoms with Crippen LogP contribution in [0.5, 0.6) is 5.75 Å². The fraction of sp³-hybridized carbons (Fsp3) is 0.348. The SMILES string of the molecule is CC(C)(C)c1cc(C(=O)Nc2cc(C(=O)O)cc(C(=O)O)c2)cc(C(C)(C)C)c1O. The Labute approximate surface area is 175 Å². The number of benzene rings is 2. The normalized spacial score (nSPS) is 11.8. The van der Waals surface area contributed by atoms with E-state index in [1.165, 1.54) is 12.1 Å². The Morgan fingerprint density at radius 3 is 1.43 bits per heavy atom. The summed E-state index contributed by atoms with van der Waals surface area (Å²) < 4.78 is 0. The Morgan fingerprint density at radius 1 is 0.700 bits per heavy atom. The minimum Gasteiger partial charge on any atom is -0.507 e. The van der Waals surface area contributed by atoms with Crippen LogP contribution in [0.2, 0.25) is 0 Å². The van der Waals surface area contributed by atoms with Gasteiger partial charge in [0.05, 0.1) is 11.1 Å². The van der Waals surface area contributed by atoms with Gasteiger partial charge < -0.3 is 20.6 Å². The van der Waals surface area contributed by atoms with Gasteiger partial charge in [-0.3, -0.25) is 4.79 Å². The smallest absolute Gasteiger partial charge is 0.335 e. The van der Waals surface area contributed by atoms with Gasteiger partial charge in [-0.25, -0.2) is 9.59 Å². The van der Waals surface area contributed by atoms with E-state index < -0.39 is 28.7 Å². The zero-order chi connectivity index (χ0) is 23.0. The molecular formula is C23H27NO6. The van der Waals surface area contributed by atoms with E-state index in [0.717, 1.165) is 6.07 Å². The number of nitrogens with one attached hydrogen (secondary N) is 1. The first kappa shape index (κ1) is 22.9. The monoisotopic (exact) mass is 413 g/mol. The number of anilines is 1. The molecule has 0 spiro atoms. The third kappa shape index (κ3) is 4.97. The molecule has 0 aliphatic rings. The molecule has 160 valence electrons. The Hall–Kier alpha value is -3.35. The van der Waals surface area contributed by atoms with Crippen LogP contribution in [0.4, 0.5) is 5.69 Å². The molecule has 0 unspecified atom stereocenters. The summed E-state index contributed by atoms with van der Waals surface area (Å²) in [6.45, 7) is 11.5. The fourth-order valence-corrected chi connectivity index (χ4v) is 3.06. The van der Waals surface area contributed by atoms with Gasteiger partial charge >= 0.3 is 11.9 Å². The van der Waals surface area contributed by atoms with Gasteiger partial charge in [-0.05, 0) is 41.2 Å². The van der Waals surface area contributed by atoms with Crippen molar-refractivity contribution in [1.29, 1.82) is 0 Å². The molecule has 30 heavy (non-hydrogen) atoms. The van der Waals surface area contributed by atoms with Crippen molar-refractivity contribution in [3.8, 4) is 5.75 Å². The molecule has 0 bridgehead atoms. The number of phenolic OH excluding ortho intramolecular Hbond substituents is 1. The van der Waals surface area contributed by atoms with Crippen LogP contribution in [0.3, 0.4) is 0 Å². The number of hydrogen-bond donors (Lipinski definition) is 4. The van der Waals surface area contributed by atoms with Crippen LogP contribution in [0, 0.1) is 0 Å². The summed E-state index contributed by atoms with van der Waals surface area (Å²) in [5.74, 6) is -3.01. The number of carboxylic acids is 2. The van der Waals surface area contributed by atoms with Crippen molar-refractivity contribution in [3.05, 3.63) is 58.1 Å². The van der Waals surface area contributed by atoms with Crippen molar-refractivity contribution in [1.82, 2.24) is 0 Å². The molecule has 7 nitrogen and oxygen atoms in total. The van der Waals surface area contributed by atoms with Crippen LogP contribution in [0.1, 0.15) is 83.7 Å². The van der Waals surface area contributed by atoms with Crippen LogP contribution in [0.25, 0.3) is 0 Å². The summed E-state index contributed by atoms with van der Waals surface area (Å²) >= 11 is 0. The number of hydrogen-bond acceptors (Lipinski definition) is 4. The number of amides is 1. The summed E-state index contributed by atoms with van der Waals surface area (Å²) in [7, 11) is 0. The van der Waals surface area contributed by atoms with Crippen molar-refractivity contribution < 1.29 is 29.7 Å². The summed E-state index contributed by atoms with van der Waals surface area (Å²) in [5, 5.41) is 31.8. The van der Waals surface area contributed by atoms with Crippen molar-refractivity contribution in [2.75, 3.05) is 5.32 Å². The molecular weight excluding hydrogens is 386 g/mol. The zero-order valence-electron chi connectivity index (χ0n) is 18.0. The Bertz CT molecular complexity index is 958. The second kappa shape index (κ2) is 7.82. The van der Waals surface area contributed by atoms with Gasteiger partial charge in [0.2, 0.25) is 0 Å². The molecule has 0 radical (unpaired) electrons. The molecule has 0 aromatic heterocycles. The number of carbonyl (C=O) groups excluding carboxylic acids is 1. The van der Waals surface area contributed by atoms with Crippen molar-refractivity contribution in [2.45, 2.75) is 52.4 Å². The lowest BCUT2D eigenvalue weighted by molar-refractivity contribution is 0.0696. The number of carbonyl (C=O) groups is 3. The zero-order valence-corrected chi connectivity index (χ0v) is 18.0. The minimum absolute atomic E-state index is 0.0555. The molecule has 7 heteroatoms. The van der Waals surface area contributed by atoms with Crippen molar-refractivity contribution in [2.24, 2.45) is 0 Å². The predicted molar refractivity (Wildman–Crippen MR) is 114 cm³/mol. The lowest BCUT2D eigenvalue weighted by atomic mass is 9.78. The molecule has 0 aliphatic heterocycles. The second-order valence-corrected chi connectivity index (χ2v) is 9.28. The standard InChI is InChI=1S/C23H27NO6/c1-22(2,3)16-10-12(11-17(18(16)25)23(4,5)6)19(26)24-15-8-13(20(27)28)7-14(9-15)21(29)30/h7-11,25H,1-6H3,(H,24,26)(H,27,28)(H,29,30). The van der Waals surface area contributed by atoms with Gasteiger partial charge in [-0.1, -0.05) is 41.5 Å². The fourth-order valence-electron chi connectivity index (χ4n) is 3.06. The molecule has 0 saturated carbocycles. The van der Waals surface area contributed by atoms with E-state index in [0.29, 0.717) is 11.1 Å².